The second kappa shape index (κ2) is 7.85. The van der Waals surface area contributed by atoms with Gasteiger partial charge in [-0.2, -0.15) is 0 Å². The van der Waals surface area contributed by atoms with E-state index < -0.39 is 6.10 Å². The van der Waals surface area contributed by atoms with Crippen LogP contribution in [0.3, 0.4) is 0 Å². The van der Waals surface area contributed by atoms with Crippen LogP contribution in [0.4, 0.5) is 4.79 Å². The second-order valence-electron chi connectivity index (χ2n) is 6.02. The average Bonchev–Trinajstić information content (AvgIpc) is 3.24. The van der Waals surface area contributed by atoms with Crippen molar-refractivity contribution in [2.24, 2.45) is 0 Å². The first kappa shape index (κ1) is 17.0. The minimum absolute atomic E-state index is 0.185. The van der Waals surface area contributed by atoms with Gasteiger partial charge in [0.25, 0.3) is 0 Å². The van der Waals surface area contributed by atoms with E-state index in [1.807, 2.05) is 41.9 Å². The van der Waals surface area contributed by atoms with E-state index in [9.17, 15) is 9.90 Å². The van der Waals surface area contributed by atoms with Gasteiger partial charge in [-0.15, -0.1) is 0 Å². The summed E-state index contributed by atoms with van der Waals surface area (Å²) in [5.74, 6) is 0.501. The van der Waals surface area contributed by atoms with Crippen LogP contribution in [0.15, 0.2) is 53.4 Å². The highest BCUT2D eigenvalue weighted by atomic mass is 16.4. The summed E-state index contributed by atoms with van der Waals surface area (Å²) in [6.45, 7) is 2.33. The molecule has 0 aliphatic heterocycles. The van der Waals surface area contributed by atoms with Gasteiger partial charge in [0.15, 0.2) is 0 Å². The third-order valence-corrected chi connectivity index (χ3v) is 3.91. The number of hydrogen-bond donors (Lipinski definition) is 3. The smallest absolute Gasteiger partial charge is 0.315 e. The Labute approximate surface area is 145 Å². The maximum Gasteiger partial charge on any atom is 0.315 e. The molecule has 3 N–H and O–H groups in total. The number of furan rings is 1. The highest BCUT2D eigenvalue weighted by Gasteiger charge is 2.16. The molecule has 3 aromatic rings. The van der Waals surface area contributed by atoms with Gasteiger partial charge >= 0.3 is 6.03 Å². The van der Waals surface area contributed by atoms with Crippen LogP contribution in [-0.2, 0) is 6.42 Å². The average molecular weight is 342 g/mol. The number of amides is 2. The summed E-state index contributed by atoms with van der Waals surface area (Å²) < 4.78 is 7.10. The number of aromatic nitrogens is 2. The van der Waals surface area contributed by atoms with E-state index in [1.165, 1.54) is 6.26 Å². The molecular formula is C18H22N4O3. The number of urea groups is 1. The van der Waals surface area contributed by atoms with Crippen LogP contribution in [0.2, 0.25) is 0 Å². The summed E-state index contributed by atoms with van der Waals surface area (Å²) in [6, 6.07) is 8.82. The first-order valence-electron chi connectivity index (χ1n) is 8.30. The molecule has 132 valence electrons. The number of carbonyl (C=O) groups is 1. The minimum atomic E-state index is -0.733. The summed E-state index contributed by atoms with van der Waals surface area (Å²) in [5.41, 5.74) is 1.82. The molecule has 2 atom stereocenters. The van der Waals surface area contributed by atoms with Crippen LogP contribution in [0.1, 0.15) is 30.9 Å². The molecule has 25 heavy (non-hydrogen) atoms. The number of nitrogens with zero attached hydrogens (tertiary/aromatic N) is 2. The van der Waals surface area contributed by atoms with Gasteiger partial charge in [-0.3, -0.25) is 0 Å². The zero-order valence-corrected chi connectivity index (χ0v) is 14.1. The van der Waals surface area contributed by atoms with Gasteiger partial charge < -0.3 is 24.6 Å². The SMILES string of the molecule is CC(CC(O)c1ccco1)NC(=O)NCCc1cn2ccccc2n1. The standard InChI is InChI=1S/C18H22N4O3/c1-13(11-15(23)16-5-4-10-25-16)20-18(24)19-8-7-14-12-22-9-3-2-6-17(22)21-14/h2-6,9-10,12-13,15,23H,7-8,11H2,1H3,(H2,19,20,24). The van der Waals surface area contributed by atoms with Gasteiger partial charge in [0, 0.05) is 37.8 Å². The summed E-state index contributed by atoms with van der Waals surface area (Å²) in [5, 5.41) is 15.6. The molecule has 0 fully saturated rings. The predicted octanol–water partition coefficient (Wildman–Crippen LogP) is 2.28. The Morgan fingerprint density at radius 1 is 1.36 bits per heavy atom. The van der Waals surface area contributed by atoms with Crippen molar-refractivity contribution in [3.8, 4) is 0 Å². The number of aliphatic hydroxyl groups excluding tert-OH is 1. The van der Waals surface area contributed by atoms with E-state index in [0.29, 0.717) is 25.1 Å². The van der Waals surface area contributed by atoms with Crippen molar-refractivity contribution < 1.29 is 14.3 Å². The van der Waals surface area contributed by atoms with Crippen LogP contribution in [-0.4, -0.2) is 33.1 Å². The lowest BCUT2D eigenvalue weighted by Crippen LogP contribution is -2.42. The number of carbonyl (C=O) groups excluding carboxylic acids is 1. The molecule has 0 saturated carbocycles. The van der Waals surface area contributed by atoms with Crippen LogP contribution >= 0.6 is 0 Å². The lowest BCUT2D eigenvalue weighted by atomic mass is 10.1. The zero-order valence-electron chi connectivity index (χ0n) is 14.1. The van der Waals surface area contributed by atoms with Crippen LogP contribution in [0.25, 0.3) is 5.65 Å². The summed E-state index contributed by atoms with van der Waals surface area (Å²) >= 11 is 0. The van der Waals surface area contributed by atoms with Gasteiger partial charge in [0.05, 0.1) is 12.0 Å². The third kappa shape index (κ3) is 4.60. The highest BCUT2D eigenvalue weighted by molar-refractivity contribution is 5.74. The molecule has 0 spiro atoms. The maximum atomic E-state index is 11.9. The Bertz CT molecular complexity index is 780. The van der Waals surface area contributed by atoms with Gasteiger partial charge in [-0.05, 0) is 31.2 Å². The molecule has 3 heterocycles. The van der Waals surface area contributed by atoms with Crippen molar-refractivity contribution in [1.29, 1.82) is 0 Å². The Kier molecular flexibility index (Phi) is 5.35. The van der Waals surface area contributed by atoms with Crippen LogP contribution in [0.5, 0.6) is 0 Å². The molecule has 0 aromatic carbocycles. The Morgan fingerprint density at radius 2 is 2.24 bits per heavy atom. The number of imidazole rings is 1. The normalized spacial score (nSPS) is 13.5. The van der Waals surface area contributed by atoms with E-state index in [0.717, 1.165) is 11.3 Å². The van der Waals surface area contributed by atoms with E-state index in [2.05, 4.69) is 15.6 Å². The fourth-order valence-electron chi connectivity index (χ4n) is 2.68. The van der Waals surface area contributed by atoms with E-state index in [-0.39, 0.29) is 12.1 Å². The van der Waals surface area contributed by atoms with Crippen molar-refractivity contribution in [2.45, 2.75) is 31.9 Å². The van der Waals surface area contributed by atoms with Gasteiger partial charge in [0.1, 0.15) is 17.5 Å². The van der Waals surface area contributed by atoms with E-state index in [4.69, 9.17) is 4.42 Å². The van der Waals surface area contributed by atoms with Crippen molar-refractivity contribution in [3.63, 3.8) is 0 Å². The first-order chi connectivity index (χ1) is 12.1. The van der Waals surface area contributed by atoms with E-state index >= 15 is 0 Å². The summed E-state index contributed by atoms with van der Waals surface area (Å²) in [6.07, 6.45) is 5.72. The predicted molar refractivity (Wildman–Crippen MR) is 93.2 cm³/mol. The van der Waals surface area contributed by atoms with Gasteiger partial charge in [-0.1, -0.05) is 6.07 Å². The Hall–Kier alpha value is -2.80. The molecule has 7 nitrogen and oxygen atoms in total. The minimum Gasteiger partial charge on any atom is -0.467 e. The van der Waals surface area contributed by atoms with Crippen molar-refractivity contribution in [1.82, 2.24) is 20.0 Å². The zero-order chi connectivity index (χ0) is 17.6. The Balaban J connectivity index is 1.40. The monoisotopic (exact) mass is 342 g/mol. The number of rotatable bonds is 7. The lowest BCUT2D eigenvalue weighted by molar-refractivity contribution is 0.129. The largest absolute Gasteiger partial charge is 0.467 e. The molecule has 0 radical (unpaired) electrons. The summed E-state index contributed by atoms with van der Waals surface area (Å²) in [7, 11) is 0. The van der Waals surface area contributed by atoms with Crippen LogP contribution in [0, 0.1) is 0 Å². The molecule has 0 bridgehead atoms. The molecule has 0 aliphatic carbocycles. The van der Waals surface area contributed by atoms with Gasteiger partial charge in [0.2, 0.25) is 0 Å². The fourth-order valence-corrected chi connectivity index (χ4v) is 2.68. The molecule has 2 unspecified atom stereocenters. The van der Waals surface area contributed by atoms with Gasteiger partial charge in [-0.25, -0.2) is 9.78 Å². The number of nitrogens with one attached hydrogen (secondary N) is 2. The van der Waals surface area contributed by atoms with Crippen molar-refractivity contribution in [3.05, 3.63) is 60.4 Å². The quantitative estimate of drug-likeness (QED) is 0.614. The topological polar surface area (TPSA) is 91.8 Å². The number of pyridine rings is 1. The molecular weight excluding hydrogens is 320 g/mol. The fraction of sp³-hybridized carbons (Fsp3) is 0.333. The highest BCUT2D eigenvalue weighted by Crippen LogP contribution is 2.18. The summed E-state index contributed by atoms with van der Waals surface area (Å²) in [4.78, 5) is 16.4. The number of aliphatic hydroxyl groups is 1. The number of fused-ring (bicyclic) bond motifs is 1. The molecule has 0 saturated heterocycles. The molecule has 2 amide bonds. The van der Waals surface area contributed by atoms with Crippen molar-refractivity contribution >= 4 is 11.7 Å². The van der Waals surface area contributed by atoms with Crippen LogP contribution < -0.4 is 10.6 Å². The molecule has 3 aromatic heterocycles. The molecule has 0 aliphatic rings. The lowest BCUT2D eigenvalue weighted by Gasteiger charge is -2.17. The van der Waals surface area contributed by atoms with E-state index in [1.54, 1.807) is 12.1 Å². The Morgan fingerprint density at radius 3 is 3.00 bits per heavy atom. The van der Waals surface area contributed by atoms with Crippen molar-refractivity contribution in [2.75, 3.05) is 6.54 Å². The number of hydrogen-bond acceptors (Lipinski definition) is 4. The maximum absolute atomic E-state index is 11.9. The molecule has 7 heteroatoms. The first-order valence-corrected chi connectivity index (χ1v) is 8.30. The molecule has 3 rings (SSSR count). The third-order valence-electron chi connectivity index (χ3n) is 3.91. The second-order valence-corrected chi connectivity index (χ2v) is 6.02.